The van der Waals surface area contributed by atoms with Gasteiger partial charge in [-0.25, -0.2) is 24.2 Å². The van der Waals surface area contributed by atoms with Gasteiger partial charge >= 0.3 is 18.2 Å². The van der Waals surface area contributed by atoms with Crippen molar-refractivity contribution in [3.63, 3.8) is 0 Å². The van der Waals surface area contributed by atoms with E-state index in [0.29, 0.717) is 47.8 Å². The van der Waals surface area contributed by atoms with Crippen LogP contribution in [-0.4, -0.2) is 136 Å². The Morgan fingerprint density at radius 1 is 0.809 bits per heavy atom. The van der Waals surface area contributed by atoms with Crippen LogP contribution in [0.2, 0.25) is 5.02 Å². The van der Waals surface area contributed by atoms with Gasteiger partial charge in [0.1, 0.15) is 59.6 Å². The number of fused-ring (bicyclic) bond motifs is 2. The van der Waals surface area contributed by atoms with E-state index in [9.17, 15) is 32.3 Å². The molecule has 9 aromatic rings. The number of nitrogens with zero attached hydrogens (tertiary/aromatic N) is 9. The highest BCUT2D eigenvalue weighted by Gasteiger charge is 2.35. The Morgan fingerprint density at radius 2 is 1.52 bits per heavy atom. The lowest BCUT2D eigenvalue weighted by atomic mass is 9.92. The Morgan fingerprint density at radius 3 is 2.23 bits per heavy atom. The molecule has 0 radical (unpaired) electrons. The number of morpholine rings is 1. The number of likely N-dealkylation sites (tertiary alicyclic amines) is 1. The van der Waals surface area contributed by atoms with Gasteiger partial charge in [-0.2, -0.15) is 23.5 Å². The molecule has 4 aromatic heterocycles. The summed E-state index contributed by atoms with van der Waals surface area (Å²) in [5.74, 6) is 3.08. The predicted octanol–water partition coefficient (Wildman–Crippen LogP) is 13.1. The number of carbonyl (C=O) groups excluding carboxylic acids is 4. The highest BCUT2D eigenvalue weighted by Crippen LogP contribution is 2.37. The number of ether oxygens (including phenoxy) is 3. The number of halogens is 4. The zero-order valence-electron chi connectivity index (χ0n) is 53.0. The first-order valence-electron chi connectivity index (χ1n) is 30.3. The molecule has 11 rings (SSSR count). The largest absolute Gasteiger partial charge is 0.492 e. The molecule has 2 atom stereocenters. The third-order valence-electron chi connectivity index (χ3n) is 15.6. The summed E-state index contributed by atoms with van der Waals surface area (Å²) in [6, 6.07) is 37.1. The molecule has 0 spiro atoms. The number of likely N-dealkylation sites (N-methyl/N-ethyl adjacent to an activating group) is 1. The van der Waals surface area contributed by atoms with E-state index in [4.69, 9.17) is 36.2 Å². The maximum absolute atomic E-state index is 13.2. The van der Waals surface area contributed by atoms with Gasteiger partial charge in [-0.05, 0) is 98.1 Å². The van der Waals surface area contributed by atoms with E-state index in [-0.39, 0.29) is 47.1 Å². The van der Waals surface area contributed by atoms with Gasteiger partial charge in [0, 0.05) is 98.9 Å². The number of benzene rings is 5. The molecular formula is C68H73ClF3N15O7. The van der Waals surface area contributed by atoms with Crippen LogP contribution in [0, 0.1) is 24.2 Å². The van der Waals surface area contributed by atoms with Gasteiger partial charge in [0.2, 0.25) is 5.91 Å². The van der Waals surface area contributed by atoms with Gasteiger partial charge in [0.25, 0.3) is 5.91 Å². The van der Waals surface area contributed by atoms with Gasteiger partial charge in [0.15, 0.2) is 0 Å². The van der Waals surface area contributed by atoms with Gasteiger partial charge in [0.05, 0.1) is 58.4 Å². The Kier molecular flexibility index (Phi) is 22.4. The summed E-state index contributed by atoms with van der Waals surface area (Å²) in [5.41, 5.74) is 3.74. The highest BCUT2D eigenvalue weighted by molar-refractivity contribution is 6.31. The number of amides is 6. The lowest BCUT2D eigenvalue weighted by Crippen LogP contribution is -2.52. The molecule has 490 valence electrons. The Bertz CT molecular complexity index is 4150. The Labute approximate surface area is 546 Å². The molecule has 2 aliphatic heterocycles. The molecule has 0 bridgehead atoms. The van der Waals surface area contributed by atoms with E-state index >= 15 is 0 Å². The fourth-order valence-electron chi connectivity index (χ4n) is 10.4. The molecule has 2 saturated heterocycles. The zero-order chi connectivity index (χ0) is 67.1. The number of pyridine rings is 1. The molecule has 5 aromatic carbocycles. The van der Waals surface area contributed by atoms with Crippen LogP contribution in [0.15, 0.2) is 146 Å². The predicted molar refractivity (Wildman–Crippen MR) is 356 cm³/mol. The third-order valence-corrected chi connectivity index (χ3v) is 16.0. The monoisotopic (exact) mass is 1300 g/mol. The summed E-state index contributed by atoms with van der Waals surface area (Å²) in [6.45, 7) is 16.8. The van der Waals surface area contributed by atoms with Crippen LogP contribution >= 0.6 is 11.6 Å². The minimum Gasteiger partial charge on any atom is -0.492 e. The minimum atomic E-state index is -4.64. The molecule has 0 saturated carbocycles. The maximum Gasteiger partial charge on any atom is 0.417 e. The van der Waals surface area contributed by atoms with Gasteiger partial charge < -0.3 is 50.3 Å². The van der Waals surface area contributed by atoms with Crippen LogP contribution in [-0.2, 0) is 21.1 Å². The number of carbonyl (C=O) groups is 4. The summed E-state index contributed by atoms with van der Waals surface area (Å²) >= 11 is 5.57. The molecule has 2 unspecified atom stereocenters. The molecule has 94 heavy (non-hydrogen) atoms. The quantitative estimate of drug-likeness (QED) is 0.0558. The SMILES string of the molecule is CC1CCN(C(=O)CC#N)CC1N(C)c1ncnc2[nH]ccc12.CNC(=O)c1cc(Oc2ccc(NC(=O)Nc3ccc(Cl)c(C(F)(F)F)c3)cc2)ccn1.Cc1ccc(-n2nc(C(C)(C)C)cc2NC(=O)Nc2ccc(OCCN3CCOCC3)c3ccccc23)cc1. The second-order valence-electron chi connectivity index (χ2n) is 23.4. The normalized spacial score (nSPS) is 14.9. The topological polar surface area (TPSA) is 262 Å². The number of piperidine rings is 1. The smallest absolute Gasteiger partial charge is 0.417 e. The van der Waals surface area contributed by atoms with Crippen molar-refractivity contribution in [2.45, 2.75) is 65.1 Å². The number of nitrogens with one attached hydrogen (secondary N) is 6. The summed E-state index contributed by atoms with van der Waals surface area (Å²) in [5, 5.41) is 29.3. The van der Waals surface area contributed by atoms with Crippen molar-refractivity contribution in [3.05, 3.63) is 174 Å². The van der Waals surface area contributed by atoms with E-state index in [2.05, 4.69) is 84.0 Å². The van der Waals surface area contributed by atoms with Crippen LogP contribution in [0.3, 0.4) is 0 Å². The van der Waals surface area contributed by atoms with Crippen LogP contribution in [0.25, 0.3) is 27.5 Å². The fraction of sp³-hybridized carbons (Fsp3) is 0.309. The molecule has 0 aliphatic carbocycles. The number of aromatic amines is 1. The van der Waals surface area contributed by atoms with E-state index in [1.165, 1.54) is 25.4 Å². The number of anilines is 5. The molecule has 6 N–H and O–H groups in total. The highest BCUT2D eigenvalue weighted by atomic mass is 35.5. The number of aromatic nitrogens is 6. The van der Waals surface area contributed by atoms with Crippen molar-refractivity contribution in [3.8, 4) is 29.0 Å². The lowest BCUT2D eigenvalue weighted by molar-refractivity contribution is -0.137. The van der Waals surface area contributed by atoms with Crippen LogP contribution in [0.5, 0.6) is 17.2 Å². The first-order valence-corrected chi connectivity index (χ1v) is 30.7. The zero-order valence-corrected chi connectivity index (χ0v) is 53.7. The number of H-pyrrole nitrogens is 1. The standard InChI is InChI=1S/C31H37N5O3.C21H16ClF3N4O3.C16H20N6O/c1-22-9-11-23(12-10-22)36-29(21-28(34-36)31(2,3)4)33-30(37)32-26-13-14-27(25-8-6-5-7-24(25)26)39-20-17-35-15-18-38-19-16-35;1-26-19(30)18-11-15(8-9-27-18)32-14-5-2-12(3-6-14)28-20(31)29-13-4-7-17(22)16(10-13)21(23,24)25;1-11-5-8-22(14(23)3-6-17)9-13(11)21(2)16-12-4-7-18-15(12)19-10-20-16/h5-14,21H,15-20H2,1-4H3,(H2,32,33,37);2-11H,1H3,(H,26,30)(H2,28,29,31);4,7,10-11,13H,3,5,8-9H2,1-2H3,(H,18,19,20). The van der Waals surface area contributed by atoms with Gasteiger partial charge in [-0.1, -0.05) is 81.3 Å². The molecule has 6 heterocycles. The maximum atomic E-state index is 13.2. The molecular weight excluding hydrogens is 1230 g/mol. The second-order valence-corrected chi connectivity index (χ2v) is 23.8. The number of urea groups is 2. The summed E-state index contributed by atoms with van der Waals surface area (Å²) in [4.78, 5) is 71.0. The summed E-state index contributed by atoms with van der Waals surface area (Å²) in [7, 11) is 3.50. The third kappa shape index (κ3) is 17.8. The van der Waals surface area contributed by atoms with Crippen LogP contribution < -0.4 is 41.0 Å². The van der Waals surface area contributed by atoms with Crippen molar-refractivity contribution in [2.24, 2.45) is 5.92 Å². The average molecular weight is 1300 g/mol. The van der Waals surface area contributed by atoms with E-state index in [1.807, 2.05) is 99.0 Å². The molecule has 26 heteroatoms. The first-order chi connectivity index (χ1) is 45.0. The van der Waals surface area contributed by atoms with Crippen LogP contribution in [0.4, 0.5) is 51.5 Å². The minimum absolute atomic E-state index is 0.0552. The molecule has 2 fully saturated rings. The lowest BCUT2D eigenvalue weighted by Gasteiger charge is -2.42. The van der Waals surface area contributed by atoms with Crippen molar-refractivity contribution in [1.29, 1.82) is 5.26 Å². The van der Waals surface area contributed by atoms with Crippen molar-refractivity contribution < 1.29 is 46.6 Å². The fourth-order valence-corrected chi connectivity index (χ4v) is 10.7. The van der Waals surface area contributed by atoms with Crippen molar-refractivity contribution in [2.75, 3.05) is 92.8 Å². The molecule has 2 aliphatic rings. The number of hydrogen-bond acceptors (Lipinski definition) is 14. The number of hydrogen-bond donors (Lipinski definition) is 6. The number of aryl methyl sites for hydroxylation is 1. The van der Waals surface area contributed by atoms with Crippen molar-refractivity contribution >= 4 is 86.0 Å². The number of alkyl halides is 3. The summed E-state index contributed by atoms with van der Waals surface area (Å²) < 4.78 is 57.8. The summed E-state index contributed by atoms with van der Waals surface area (Å²) in [6.07, 6.45) is 1.06. The average Bonchev–Trinajstić information content (AvgIpc) is 1.42. The van der Waals surface area contributed by atoms with E-state index < -0.39 is 22.8 Å². The van der Waals surface area contributed by atoms with E-state index in [0.717, 1.165) is 108 Å². The molecule has 6 amide bonds. The Hall–Kier alpha value is -10.3. The van der Waals surface area contributed by atoms with E-state index in [1.54, 1.807) is 46.2 Å². The molecule has 22 nitrogen and oxygen atoms in total. The van der Waals surface area contributed by atoms with Crippen molar-refractivity contribution in [1.82, 2.24) is 44.8 Å². The number of nitriles is 1. The number of rotatable bonds is 15. The first kappa shape index (κ1) is 68.1. The van der Waals surface area contributed by atoms with Gasteiger partial charge in [-0.15, -0.1) is 0 Å². The van der Waals surface area contributed by atoms with Gasteiger partial charge in [-0.3, -0.25) is 24.8 Å². The Balaban J connectivity index is 0.000000172. The second kappa shape index (κ2) is 30.9. The van der Waals surface area contributed by atoms with Crippen LogP contribution in [0.1, 0.15) is 67.8 Å².